The van der Waals surface area contributed by atoms with Gasteiger partial charge in [0.05, 0.1) is 24.0 Å². The lowest BCUT2D eigenvalue weighted by Gasteiger charge is -2.28. The summed E-state index contributed by atoms with van der Waals surface area (Å²) in [6, 6.07) is 36.3. The zero-order valence-corrected chi connectivity index (χ0v) is 31.6. The van der Waals surface area contributed by atoms with Crippen LogP contribution in [0.3, 0.4) is 0 Å². The molecule has 1 aromatic heterocycles. The number of allylic oxidation sites excluding steroid dienone is 5. The SMILES string of the molecule is C=C(C)C(=O)OCCN1C(=CC=C2CCC(C=Cc3oc4ccccc4[n+]3CCOC(=O)C(=C)C)=C2N(c2ccccc2)c2ccccc2)Oc2ccccc21. The number of rotatable bonds is 14. The summed E-state index contributed by atoms with van der Waals surface area (Å²) in [6.07, 6.45) is 9.79. The molecule has 0 spiro atoms. The van der Waals surface area contributed by atoms with Crippen LogP contribution in [0.1, 0.15) is 32.6 Å². The molecule has 0 N–H and O–H groups in total. The summed E-state index contributed by atoms with van der Waals surface area (Å²) in [5.74, 6) is 1.16. The Balaban J connectivity index is 1.29. The number of para-hydroxylation sites is 6. The first-order valence-corrected chi connectivity index (χ1v) is 18.6. The van der Waals surface area contributed by atoms with Gasteiger partial charge in [0.1, 0.15) is 6.61 Å². The van der Waals surface area contributed by atoms with Gasteiger partial charge in [-0.25, -0.2) is 9.59 Å². The smallest absolute Gasteiger partial charge is 0.374 e. The maximum absolute atomic E-state index is 12.2. The lowest BCUT2D eigenvalue weighted by Crippen LogP contribution is -2.38. The van der Waals surface area contributed by atoms with Crippen molar-refractivity contribution in [2.24, 2.45) is 0 Å². The summed E-state index contributed by atoms with van der Waals surface area (Å²) in [5, 5.41) is 0. The number of hydrogen-bond acceptors (Lipinski definition) is 8. The van der Waals surface area contributed by atoms with Crippen LogP contribution in [0.5, 0.6) is 5.75 Å². The maximum Gasteiger partial charge on any atom is 0.374 e. The predicted octanol–water partition coefficient (Wildman–Crippen LogP) is 9.53. The third kappa shape index (κ3) is 8.27. The number of carbonyl (C=O) groups is 2. The highest BCUT2D eigenvalue weighted by atomic mass is 16.5. The van der Waals surface area contributed by atoms with Crippen LogP contribution in [0.25, 0.3) is 17.2 Å². The molecular weight excluding hydrogens is 703 g/mol. The minimum atomic E-state index is -0.423. The number of esters is 2. The molecular formula is C47H44N3O6+. The normalized spacial score (nSPS) is 15.1. The lowest BCUT2D eigenvalue weighted by atomic mass is 10.1. The van der Waals surface area contributed by atoms with Crippen molar-refractivity contribution >= 4 is 46.2 Å². The van der Waals surface area contributed by atoms with Gasteiger partial charge in [-0.15, -0.1) is 0 Å². The molecule has 0 amide bonds. The standard InChI is InChI=1S/C47H44N3O6/c1-33(2)46(51)53-31-29-48-39-19-11-13-21-41(39)55-43(48)27-25-35-23-24-36(45(35)50(37-15-7-5-8-16-37)38-17-9-6-10-18-38)26-28-44-49(30-32-54-47(52)34(3)4)40-20-12-14-22-42(40)56-44/h5-22,25-28H,1,3,23-24,29-32H2,2,4H3/q+1. The molecule has 2 heterocycles. The Morgan fingerprint density at radius 3 is 2.09 bits per heavy atom. The number of nitrogens with zero attached hydrogens (tertiary/aromatic N) is 3. The molecule has 1 aliphatic heterocycles. The minimum absolute atomic E-state index is 0.172. The highest BCUT2D eigenvalue weighted by molar-refractivity contribution is 5.87. The zero-order valence-electron chi connectivity index (χ0n) is 31.6. The number of oxazole rings is 1. The van der Waals surface area contributed by atoms with Gasteiger partial charge in [-0.2, -0.15) is 4.57 Å². The number of carbonyl (C=O) groups excluding carboxylic acids is 2. The number of aromatic nitrogens is 1. The molecule has 0 saturated heterocycles. The van der Waals surface area contributed by atoms with E-state index in [4.69, 9.17) is 18.6 Å². The molecule has 9 heteroatoms. The van der Waals surface area contributed by atoms with Gasteiger partial charge in [0.2, 0.25) is 11.5 Å². The van der Waals surface area contributed by atoms with E-state index >= 15 is 0 Å². The number of hydrogen-bond donors (Lipinski definition) is 0. The van der Waals surface area contributed by atoms with Crippen LogP contribution in [0.2, 0.25) is 0 Å². The van der Waals surface area contributed by atoms with Crippen molar-refractivity contribution in [2.45, 2.75) is 33.2 Å². The Bertz CT molecular complexity index is 2360. The van der Waals surface area contributed by atoms with Gasteiger partial charge < -0.3 is 28.4 Å². The van der Waals surface area contributed by atoms with Gasteiger partial charge in [-0.05, 0) is 92.5 Å². The molecule has 0 fully saturated rings. The maximum atomic E-state index is 12.2. The summed E-state index contributed by atoms with van der Waals surface area (Å²) < 4.78 is 25.7. The number of ether oxygens (including phenoxy) is 3. The monoisotopic (exact) mass is 746 g/mol. The zero-order chi connectivity index (χ0) is 39.0. The molecule has 0 saturated carbocycles. The highest BCUT2D eigenvalue weighted by Gasteiger charge is 2.29. The van der Waals surface area contributed by atoms with E-state index < -0.39 is 11.9 Å². The molecule has 1 aliphatic carbocycles. The molecule has 282 valence electrons. The molecule has 0 bridgehead atoms. The summed E-state index contributed by atoms with van der Waals surface area (Å²) >= 11 is 0. The summed E-state index contributed by atoms with van der Waals surface area (Å²) in [6.45, 7) is 11.8. The molecule has 2 aliphatic rings. The number of fused-ring (bicyclic) bond motifs is 2. The second-order valence-corrected chi connectivity index (χ2v) is 13.5. The largest absolute Gasteiger partial charge is 0.460 e. The Labute approximate surface area is 327 Å². The van der Waals surface area contributed by atoms with Crippen molar-refractivity contribution in [3.8, 4) is 5.75 Å². The van der Waals surface area contributed by atoms with Crippen LogP contribution in [0, 0.1) is 0 Å². The quantitative estimate of drug-likeness (QED) is 0.0632. The van der Waals surface area contributed by atoms with Gasteiger partial charge in [0, 0.05) is 28.6 Å². The van der Waals surface area contributed by atoms with Crippen LogP contribution in [-0.2, 0) is 25.6 Å². The Kier molecular flexibility index (Phi) is 11.4. The van der Waals surface area contributed by atoms with Gasteiger partial charge in [-0.1, -0.05) is 79.9 Å². The molecule has 9 nitrogen and oxygen atoms in total. The fourth-order valence-electron chi connectivity index (χ4n) is 6.75. The fourth-order valence-corrected chi connectivity index (χ4v) is 6.75. The fraction of sp³-hybridized carbons (Fsp3) is 0.170. The van der Waals surface area contributed by atoms with E-state index in [0.29, 0.717) is 36.0 Å². The Morgan fingerprint density at radius 1 is 0.768 bits per heavy atom. The molecule has 7 rings (SSSR count). The third-order valence-electron chi connectivity index (χ3n) is 9.44. The first kappa shape index (κ1) is 37.4. The second-order valence-electron chi connectivity index (χ2n) is 13.5. The van der Waals surface area contributed by atoms with Crippen LogP contribution >= 0.6 is 0 Å². The van der Waals surface area contributed by atoms with E-state index in [2.05, 4.69) is 54.5 Å². The van der Waals surface area contributed by atoms with E-state index in [9.17, 15) is 9.59 Å². The van der Waals surface area contributed by atoms with Crippen molar-refractivity contribution in [3.05, 3.63) is 180 Å². The minimum Gasteiger partial charge on any atom is -0.460 e. The van der Waals surface area contributed by atoms with Crippen molar-refractivity contribution < 1.29 is 32.8 Å². The van der Waals surface area contributed by atoms with E-state index in [-0.39, 0.29) is 13.2 Å². The van der Waals surface area contributed by atoms with Gasteiger partial charge in [-0.3, -0.25) is 0 Å². The number of anilines is 3. The lowest BCUT2D eigenvalue weighted by molar-refractivity contribution is -0.679. The van der Waals surface area contributed by atoms with Gasteiger partial charge in [0.25, 0.3) is 5.52 Å². The van der Waals surface area contributed by atoms with Gasteiger partial charge >= 0.3 is 17.8 Å². The van der Waals surface area contributed by atoms with Crippen molar-refractivity contribution in [1.29, 1.82) is 0 Å². The Morgan fingerprint density at radius 2 is 1.39 bits per heavy atom. The molecule has 5 aromatic rings. The van der Waals surface area contributed by atoms with Crippen LogP contribution in [-0.4, -0.2) is 31.7 Å². The first-order valence-electron chi connectivity index (χ1n) is 18.6. The highest BCUT2D eigenvalue weighted by Crippen LogP contribution is 2.43. The van der Waals surface area contributed by atoms with Crippen molar-refractivity contribution in [2.75, 3.05) is 29.6 Å². The molecule has 0 unspecified atom stereocenters. The average Bonchev–Trinajstić information content (AvgIpc) is 3.90. The van der Waals surface area contributed by atoms with E-state index in [1.165, 1.54) is 0 Å². The molecule has 0 atom stereocenters. The van der Waals surface area contributed by atoms with Gasteiger partial charge in [0.15, 0.2) is 18.9 Å². The predicted molar refractivity (Wildman–Crippen MR) is 219 cm³/mol. The van der Waals surface area contributed by atoms with Crippen LogP contribution < -0.4 is 19.1 Å². The van der Waals surface area contributed by atoms with Crippen LogP contribution in [0.4, 0.5) is 17.1 Å². The van der Waals surface area contributed by atoms with Crippen LogP contribution in [0.15, 0.2) is 179 Å². The first-order chi connectivity index (χ1) is 27.3. The third-order valence-corrected chi connectivity index (χ3v) is 9.44. The average molecular weight is 747 g/mol. The number of benzene rings is 4. The van der Waals surface area contributed by atoms with Crippen molar-refractivity contribution in [1.82, 2.24) is 0 Å². The topological polar surface area (TPSA) is 85.3 Å². The molecule has 56 heavy (non-hydrogen) atoms. The Hall–Kier alpha value is -6.87. The summed E-state index contributed by atoms with van der Waals surface area (Å²) in [7, 11) is 0. The van der Waals surface area contributed by atoms with E-state index in [1.54, 1.807) is 13.8 Å². The summed E-state index contributed by atoms with van der Waals surface area (Å²) in [4.78, 5) is 28.7. The summed E-state index contributed by atoms with van der Waals surface area (Å²) in [5.41, 5.74) is 8.56. The van der Waals surface area contributed by atoms with Crippen molar-refractivity contribution in [3.63, 3.8) is 0 Å². The molecule has 4 aromatic carbocycles. The second kappa shape index (κ2) is 17.1. The molecule has 0 radical (unpaired) electrons. The van der Waals surface area contributed by atoms with E-state index in [0.717, 1.165) is 63.6 Å². The van der Waals surface area contributed by atoms with E-state index in [1.807, 2.05) is 107 Å².